The Balaban J connectivity index is 1.90. The van der Waals surface area contributed by atoms with Gasteiger partial charge < -0.3 is 15.2 Å². The van der Waals surface area contributed by atoms with Crippen LogP contribution in [0.2, 0.25) is 0 Å². The van der Waals surface area contributed by atoms with Crippen molar-refractivity contribution >= 4 is 11.9 Å². The van der Waals surface area contributed by atoms with Crippen molar-refractivity contribution in [2.75, 3.05) is 0 Å². The van der Waals surface area contributed by atoms with Crippen molar-refractivity contribution in [2.45, 2.75) is 71.6 Å². The summed E-state index contributed by atoms with van der Waals surface area (Å²) in [6, 6.07) is 10.1. The largest absolute Gasteiger partial charge is 0.457 e. The average Bonchev–Trinajstić information content (AvgIpc) is 3.06. The molecule has 0 aromatic heterocycles. The topological polar surface area (TPSA) is 75.6 Å². The molecule has 0 bridgehead atoms. The van der Waals surface area contributed by atoms with E-state index in [1.807, 2.05) is 18.2 Å². The minimum absolute atomic E-state index is 0.0866. The molecule has 2 aliphatic carbocycles. The SMILES string of the molecule is CC(=O)O[C@@H]1/C=C/[C@](C)(O)C[C@@H](C)C/C=C/[C@H]2C=C(C)[C@@H](C)[C@H]3[C@H](Cc4ccccc4)NC(=O)[C@]321. The first kappa shape index (κ1) is 25.4. The summed E-state index contributed by atoms with van der Waals surface area (Å²) >= 11 is 0. The summed E-state index contributed by atoms with van der Waals surface area (Å²) in [4.78, 5) is 26.5. The van der Waals surface area contributed by atoms with Crippen molar-refractivity contribution in [3.05, 3.63) is 71.8 Å². The maximum absolute atomic E-state index is 14.1. The van der Waals surface area contributed by atoms with Crippen molar-refractivity contribution in [1.82, 2.24) is 5.32 Å². The van der Waals surface area contributed by atoms with Gasteiger partial charge in [-0.05, 0) is 56.6 Å². The average molecular weight is 478 g/mol. The number of aliphatic hydroxyl groups is 1. The first-order valence-corrected chi connectivity index (χ1v) is 12.8. The van der Waals surface area contributed by atoms with Crippen LogP contribution in [0.5, 0.6) is 0 Å². The van der Waals surface area contributed by atoms with Gasteiger partial charge in [-0.15, -0.1) is 0 Å². The molecule has 35 heavy (non-hydrogen) atoms. The Morgan fingerprint density at radius 3 is 2.60 bits per heavy atom. The molecule has 2 N–H and O–H groups in total. The molecular formula is C30H39NO4. The van der Waals surface area contributed by atoms with Crippen molar-refractivity contribution in [3.8, 4) is 0 Å². The number of esters is 1. The lowest BCUT2D eigenvalue weighted by atomic mass is 9.54. The number of amides is 1. The van der Waals surface area contributed by atoms with Crippen LogP contribution in [0.4, 0.5) is 0 Å². The maximum atomic E-state index is 14.1. The Bertz CT molecular complexity index is 1040. The molecule has 1 aromatic carbocycles. The predicted octanol–water partition coefficient (Wildman–Crippen LogP) is 4.77. The highest BCUT2D eigenvalue weighted by Crippen LogP contribution is 2.56. The van der Waals surface area contributed by atoms with Gasteiger partial charge in [0.15, 0.2) is 0 Å². The maximum Gasteiger partial charge on any atom is 0.303 e. The van der Waals surface area contributed by atoms with Gasteiger partial charge in [-0.25, -0.2) is 0 Å². The van der Waals surface area contributed by atoms with E-state index < -0.39 is 23.1 Å². The third-order valence-corrected chi connectivity index (χ3v) is 8.28. The summed E-state index contributed by atoms with van der Waals surface area (Å²) in [6.07, 6.45) is 11.3. The molecule has 1 amide bonds. The number of rotatable bonds is 3. The molecule has 5 nitrogen and oxygen atoms in total. The third-order valence-electron chi connectivity index (χ3n) is 8.28. The fraction of sp³-hybridized carbons (Fsp3) is 0.533. The molecule has 1 aliphatic heterocycles. The second kappa shape index (κ2) is 9.77. The Morgan fingerprint density at radius 2 is 1.91 bits per heavy atom. The van der Waals surface area contributed by atoms with Gasteiger partial charge in [0, 0.05) is 24.8 Å². The van der Waals surface area contributed by atoms with Crippen LogP contribution in [-0.2, 0) is 20.7 Å². The van der Waals surface area contributed by atoms with E-state index in [1.165, 1.54) is 12.5 Å². The van der Waals surface area contributed by atoms with Gasteiger partial charge in [-0.1, -0.05) is 74.1 Å². The smallest absolute Gasteiger partial charge is 0.303 e. The molecule has 1 saturated heterocycles. The van der Waals surface area contributed by atoms with Gasteiger partial charge in [0.25, 0.3) is 0 Å². The molecule has 5 heteroatoms. The molecule has 8 atom stereocenters. The summed E-state index contributed by atoms with van der Waals surface area (Å²) in [6.45, 7) is 9.60. The Hall–Kier alpha value is -2.66. The Labute approximate surface area is 209 Å². The molecule has 0 unspecified atom stereocenters. The van der Waals surface area contributed by atoms with Crippen LogP contribution in [0.25, 0.3) is 0 Å². The summed E-state index contributed by atoms with van der Waals surface area (Å²) in [5.41, 5.74) is 0.341. The summed E-state index contributed by atoms with van der Waals surface area (Å²) < 4.78 is 5.95. The van der Waals surface area contributed by atoms with Crippen LogP contribution in [-0.4, -0.2) is 34.7 Å². The Morgan fingerprint density at radius 1 is 1.20 bits per heavy atom. The predicted molar refractivity (Wildman–Crippen MR) is 137 cm³/mol. The third kappa shape index (κ3) is 4.88. The van der Waals surface area contributed by atoms with Crippen molar-refractivity contribution in [2.24, 2.45) is 29.1 Å². The minimum Gasteiger partial charge on any atom is -0.457 e. The van der Waals surface area contributed by atoms with Gasteiger partial charge >= 0.3 is 5.97 Å². The van der Waals surface area contributed by atoms with Crippen molar-refractivity contribution in [1.29, 1.82) is 0 Å². The van der Waals surface area contributed by atoms with Gasteiger partial charge in [0.05, 0.1) is 5.60 Å². The molecule has 0 radical (unpaired) electrons. The number of nitrogens with one attached hydrogen (secondary N) is 1. The van der Waals surface area contributed by atoms with E-state index in [0.717, 1.165) is 12.0 Å². The van der Waals surface area contributed by atoms with Gasteiger partial charge in [-0.2, -0.15) is 0 Å². The Kier molecular flexibility index (Phi) is 7.10. The summed E-state index contributed by atoms with van der Waals surface area (Å²) in [5.74, 6) is -0.462. The zero-order chi connectivity index (χ0) is 25.4. The van der Waals surface area contributed by atoms with Gasteiger partial charge in [0.1, 0.15) is 11.5 Å². The lowest BCUT2D eigenvalue weighted by Gasteiger charge is -2.48. The molecule has 1 spiro atoms. The highest BCUT2D eigenvalue weighted by molar-refractivity contribution is 5.89. The number of hydrogen-bond donors (Lipinski definition) is 2. The van der Waals surface area contributed by atoms with E-state index >= 15 is 0 Å². The van der Waals surface area contributed by atoms with Gasteiger partial charge in [-0.3, -0.25) is 9.59 Å². The number of allylic oxidation sites excluding steroid dienone is 4. The fourth-order valence-corrected chi connectivity index (χ4v) is 6.71. The van der Waals surface area contributed by atoms with E-state index in [2.05, 4.69) is 56.4 Å². The second-order valence-corrected chi connectivity index (χ2v) is 11.2. The van der Waals surface area contributed by atoms with E-state index in [4.69, 9.17) is 4.74 Å². The van der Waals surface area contributed by atoms with E-state index in [1.54, 1.807) is 19.1 Å². The monoisotopic (exact) mass is 477 g/mol. The molecule has 3 aliphatic rings. The number of hydrogen-bond acceptors (Lipinski definition) is 4. The zero-order valence-corrected chi connectivity index (χ0v) is 21.5. The van der Waals surface area contributed by atoms with E-state index in [0.29, 0.717) is 12.8 Å². The van der Waals surface area contributed by atoms with Crippen LogP contribution < -0.4 is 5.32 Å². The molecule has 1 fully saturated rings. The first-order chi connectivity index (χ1) is 16.5. The van der Waals surface area contributed by atoms with Crippen LogP contribution in [0.15, 0.2) is 66.3 Å². The number of carbonyl (C=O) groups excluding carboxylic acids is 2. The molecule has 1 aromatic rings. The van der Waals surface area contributed by atoms with Crippen LogP contribution in [0, 0.1) is 29.1 Å². The standard InChI is InChI=1S/C30H39NO4/c1-19-10-9-13-24-16-20(2)21(3)27-25(17-23-11-7-6-8-12-23)31-28(33)30(24,27)26(35-22(4)32)14-15-29(5,34)18-19/h6-9,11-16,19,21,24-27,34H,10,17-18H2,1-5H3,(H,31,33)/b13-9+,15-14+/t19-,21+,24-,25-,26+,27-,29-,30+/m0/s1. The first-order valence-electron chi connectivity index (χ1n) is 12.8. The fourth-order valence-electron chi connectivity index (χ4n) is 6.71. The van der Waals surface area contributed by atoms with Crippen LogP contribution in [0.1, 0.15) is 53.0 Å². The minimum atomic E-state index is -1.07. The van der Waals surface area contributed by atoms with Gasteiger partial charge in [0.2, 0.25) is 5.91 Å². The molecule has 0 saturated carbocycles. The molecule has 1 heterocycles. The highest BCUT2D eigenvalue weighted by atomic mass is 16.5. The number of ether oxygens (including phenoxy) is 1. The number of carbonyl (C=O) groups is 2. The van der Waals surface area contributed by atoms with Crippen LogP contribution >= 0.6 is 0 Å². The van der Waals surface area contributed by atoms with E-state index in [9.17, 15) is 14.7 Å². The molecule has 4 rings (SSSR count). The zero-order valence-electron chi connectivity index (χ0n) is 21.5. The molecule has 188 valence electrons. The summed E-state index contributed by atoms with van der Waals surface area (Å²) in [5, 5.41) is 14.4. The highest BCUT2D eigenvalue weighted by Gasteiger charge is 2.65. The van der Waals surface area contributed by atoms with E-state index in [-0.39, 0.29) is 35.6 Å². The number of benzene rings is 1. The van der Waals surface area contributed by atoms with Crippen molar-refractivity contribution < 1.29 is 19.4 Å². The van der Waals surface area contributed by atoms with Crippen molar-refractivity contribution in [3.63, 3.8) is 0 Å². The lowest BCUT2D eigenvalue weighted by Crippen LogP contribution is -2.55. The quantitative estimate of drug-likeness (QED) is 0.486. The second-order valence-electron chi connectivity index (χ2n) is 11.2. The summed E-state index contributed by atoms with van der Waals surface area (Å²) in [7, 11) is 0. The normalized spacial score (nSPS) is 40.9. The molecular weight excluding hydrogens is 438 g/mol. The lowest BCUT2D eigenvalue weighted by molar-refractivity contribution is -0.159. The van der Waals surface area contributed by atoms with Crippen LogP contribution in [0.3, 0.4) is 0 Å².